The first-order valence-corrected chi connectivity index (χ1v) is 10.6. The Bertz CT molecular complexity index is 1140. The van der Waals surface area contributed by atoms with Gasteiger partial charge in [0.2, 0.25) is 6.79 Å². The Hall–Kier alpha value is -2.63. The average molecular weight is 444 g/mol. The van der Waals surface area contributed by atoms with Crippen molar-refractivity contribution in [2.45, 2.75) is 18.7 Å². The third kappa shape index (κ3) is 3.43. The number of hydrogen-bond donors (Lipinski definition) is 2. The SMILES string of the molecule is Cc1cc2c(cc1ONc1sccc1S(=O)(=O)Nc1onc(C)c1Cl)OCO2. The van der Waals surface area contributed by atoms with Gasteiger partial charge in [-0.05, 0) is 36.9 Å². The second kappa shape index (κ2) is 7.08. The highest BCUT2D eigenvalue weighted by Crippen LogP contribution is 2.38. The van der Waals surface area contributed by atoms with Crippen LogP contribution in [0.25, 0.3) is 0 Å². The fraction of sp³-hybridized carbons (Fsp3) is 0.188. The molecule has 2 N–H and O–H groups in total. The largest absolute Gasteiger partial charge is 0.454 e. The minimum atomic E-state index is -3.98. The van der Waals surface area contributed by atoms with Crippen LogP contribution in [0.4, 0.5) is 10.9 Å². The van der Waals surface area contributed by atoms with Gasteiger partial charge in [-0.15, -0.1) is 11.3 Å². The first-order chi connectivity index (χ1) is 13.3. The van der Waals surface area contributed by atoms with E-state index in [4.69, 9.17) is 30.4 Å². The zero-order chi connectivity index (χ0) is 19.9. The van der Waals surface area contributed by atoms with Crippen LogP contribution in [0.3, 0.4) is 0 Å². The smallest absolute Gasteiger partial charge is 0.267 e. The number of halogens is 1. The van der Waals surface area contributed by atoms with Crippen LogP contribution in [0.5, 0.6) is 17.2 Å². The number of benzene rings is 1. The summed E-state index contributed by atoms with van der Waals surface area (Å²) in [6.07, 6.45) is 0. The summed E-state index contributed by atoms with van der Waals surface area (Å²) in [5, 5.41) is 5.61. The van der Waals surface area contributed by atoms with Crippen molar-refractivity contribution >= 4 is 43.8 Å². The van der Waals surface area contributed by atoms with E-state index in [0.717, 1.165) is 16.9 Å². The normalized spacial score (nSPS) is 12.8. The van der Waals surface area contributed by atoms with E-state index in [9.17, 15) is 8.42 Å². The van der Waals surface area contributed by atoms with Gasteiger partial charge in [0.15, 0.2) is 17.2 Å². The van der Waals surface area contributed by atoms with E-state index in [1.54, 1.807) is 24.4 Å². The molecule has 3 heterocycles. The van der Waals surface area contributed by atoms with Crippen molar-refractivity contribution in [3.63, 3.8) is 0 Å². The summed E-state index contributed by atoms with van der Waals surface area (Å²) in [7, 11) is -3.98. The van der Waals surface area contributed by atoms with Crippen LogP contribution in [0, 0.1) is 13.8 Å². The molecule has 0 bridgehead atoms. The van der Waals surface area contributed by atoms with E-state index in [0.29, 0.717) is 22.9 Å². The molecule has 0 spiro atoms. The molecular formula is C16H14ClN3O6S2. The predicted octanol–water partition coefficient (Wildman–Crippen LogP) is 3.94. The van der Waals surface area contributed by atoms with Crippen LogP contribution in [-0.4, -0.2) is 20.4 Å². The second-order valence-corrected chi connectivity index (χ2v) is 8.75. The first kappa shape index (κ1) is 18.7. The molecule has 2 aromatic heterocycles. The van der Waals surface area contributed by atoms with Gasteiger partial charge >= 0.3 is 0 Å². The van der Waals surface area contributed by atoms with Crippen molar-refractivity contribution in [3.8, 4) is 17.2 Å². The highest BCUT2D eigenvalue weighted by atomic mass is 35.5. The Morgan fingerprint density at radius 1 is 1.25 bits per heavy atom. The number of nitrogens with one attached hydrogen (secondary N) is 2. The molecule has 28 heavy (non-hydrogen) atoms. The lowest BCUT2D eigenvalue weighted by molar-refractivity contribution is 0.174. The summed E-state index contributed by atoms with van der Waals surface area (Å²) in [6.45, 7) is 3.58. The fourth-order valence-electron chi connectivity index (χ4n) is 2.42. The van der Waals surface area contributed by atoms with Gasteiger partial charge in [0.1, 0.15) is 20.6 Å². The molecule has 1 aliphatic rings. The minimum absolute atomic E-state index is 0.0268. The summed E-state index contributed by atoms with van der Waals surface area (Å²) in [5.41, 5.74) is 3.85. The fourth-order valence-corrected chi connectivity index (χ4v) is 4.79. The van der Waals surface area contributed by atoms with Crippen LogP contribution >= 0.6 is 22.9 Å². The average Bonchev–Trinajstić information content (AvgIpc) is 3.36. The molecule has 0 unspecified atom stereocenters. The number of ether oxygens (including phenoxy) is 2. The van der Waals surface area contributed by atoms with Gasteiger partial charge in [0.05, 0.1) is 0 Å². The van der Waals surface area contributed by atoms with Gasteiger partial charge in [-0.3, -0.25) is 0 Å². The molecule has 0 amide bonds. The van der Waals surface area contributed by atoms with Gasteiger partial charge in [-0.25, -0.2) is 18.6 Å². The number of aryl methyl sites for hydroxylation is 2. The van der Waals surface area contributed by atoms with Crippen LogP contribution in [-0.2, 0) is 10.0 Å². The first-order valence-electron chi connectivity index (χ1n) is 7.90. The molecule has 0 aliphatic carbocycles. The Morgan fingerprint density at radius 2 is 2.00 bits per heavy atom. The van der Waals surface area contributed by atoms with E-state index < -0.39 is 10.0 Å². The molecular weight excluding hydrogens is 430 g/mol. The van der Waals surface area contributed by atoms with E-state index in [1.807, 2.05) is 6.92 Å². The molecule has 1 aliphatic heterocycles. The zero-order valence-electron chi connectivity index (χ0n) is 14.6. The van der Waals surface area contributed by atoms with Crippen molar-refractivity contribution < 1.29 is 27.3 Å². The van der Waals surface area contributed by atoms with Crippen molar-refractivity contribution in [2.75, 3.05) is 17.0 Å². The lowest BCUT2D eigenvalue weighted by Crippen LogP contribution is -2.15. The number of thiophene rings is 1. The molecule has 0 atom stereocenters. The summed E-state index contributed by atoms with van der Waals surface area (Å²) < 4.78 is 43.2. The number of sulfonamides is 1. The van der Waals surface area contributed by atoms with Gasteiger partial charge in [-0.1, -0.05) is 16.8 Å². The lowest BCUT2D eigenvalue weighted by Gasteiger charge is -2.12. The number of aromatic nitrogens is 1. The van der Waals surface area contributed by atoms with Crippen LogP contribution < -0.4 is 24.5 Å². The molecule has 0 saturated heterocycles. The standard InChI is InChI=1S/C16H14ClN3O6S2/c1-8-5-11-12(24-7-23-11)6-10(8)25-19-16-13(3-4-27-16)28(21,22)20-15-14(17)9(2)18-26-15/h3-6,19-20H,7H2,1-2H3. The van der Waals surface area contributed by atoms with Gasteiger partial charge in [0.25, 0.3) is 15.9 Å². The van der Waals surface area contributed by atoms with Crippen molar-refractivity contribution in [1.82, 2.24) is 5.16 Å². The Balaban J connectivity index is 1.54. The monoisotopic (exact) mass is 443 g/mol. The number of hydrogen-bond acceptors (Lipinski definition) is 9. The Morgan fingerprint density at radius 3 is 2.71 bits per heavy atom. The highest BCUT2D eigenvalue weighted by molar-refractivity contribution is 7.93. The third-order valence-corrected chi connectivity index (χ3v) is 6.62. The quantitative estimate of drug-likeness (QED) is 0.551. The molecule has 12 heteroatoms. The summed E-state index contributed by atoms with van der Waals surface area (Å²) >= 11 is 7.13. The van der Waals surface area contributed by atoms with Crippen molar-refractivity contribution in [1.29, 1.82) is 0 Å². The number of anilines is 2. The van der Waals surface area contributed by atoms with E-state index in [1.165, 1.54) is 6.07 Å². The van der Waals surface area contributed by atoms with Crippen LogP contribution in [0.15, 0.2) is 33.0 Å². The van der Waals surface area contributed by atoms with Crippen molar-refractivity contribution in [3.05, 3.63) is 39.9 Å². The van der Waals surface area contributed by atoms with Gasteiger partial charge in [-0.2, -0.15) is 0 Å². The van der Waals surface area contributed by atoms with E-state index in [2.05, 4.69) is 15.4 Å². The molecule has 0 fully saturated rings. The maximum Gasteiger partial charge on any atom is 0.267 e. The summed E-state index contributed by atoms with van der Waals surface area (Å²) in [6, 6.07) is 4.88. The molecule has 0 radical (unpaired) electrons. The molecule has 148 valence electrons. The minimum Gasteiger partial charge on any atom is -0.454 e. The topological polar surface area (TPSA) is 112 Å². The van der Waals surface area contributed by atoms with E-state index >= 15 is 0 Å². The molecule has 9 nitrogen and oxygen atoms in total. The van der Waals surface area contributed by atoms with Crippen LogP contribution in [0.1, 0.15) is 11.3 Å². The van der Waals surface area contributed by atoms with Crippen molar-refractivity contribution in [2.24, 2.45) is 0 Å². The number of fused-ring (bicyclic) bond motifs is 1. The maximum atomic E-state index is 12.7. The molecule has 3 aromatic rings. The Labute approximate surface area is 169 Å². The second-order valence-electron chi connectivity index (χ2n) is 5.81. The maximum absolute atomic E-state index is 12.7. The molecule has 1 aromatic carbocycles. The van der Waals surface area contributed by atoms with E-state index in [-0.39, 0.29) is 27.6 Å². The molecule has 4 rings (SSSR count). The number of nitrogens with zero attached hydrogens (tertiary/aromatic N) is 1. The number of rotatable bonds is 6. The van der Waals surface area contributed by atoms with Gasteiger partial charge in [0, 0.05) is 6.07 Å². The zero-order valence-corrected chi connectivity index (χ0v) is 17.0. The third-order valence-electron chi connectivity index (χ3n) is 3.86. The van der Waals surface area contributed by atoms with Crippen LogP contribution in [0.2, 0.25) is 5.02 Å². The lowest BCUT2D eigenvalue weighted by atomic mass is 10.2. The Kier molecular flexibility index (Phi) is 4.73. The predicted molar refractivity (Wildman–Crippen MR) is 103 cm³/mol. The highest BCUT2D eigenvalue weighted by Gasteiger charge is 2.25. The van der Waals surface area contributed by atoms with Gasteiger partial charge < -0.3 is 18.8 Å². The summed E-state index contributed by atoms with van der Waals surface area (Å²) in [4.78, 5) is 5.56. The molecule has 0 saturated carbocycles. The summed E-state index contributed by atoms with van der Waals surface area (Å²) in [5.74, 6) is 1.51.